The molecule has 0 bridgehead atoms. The predicted octanol–water partition coefficient (Wildman–Crippen LogP) is 2.68. The van der Waals surface area contributed by atoms with Crippen LogP contribution in [0, 0.1) is 5.21 Å². The zero-order valence-electron chi connectivity index (χ0n) is 8.22. The van der Waals surface area contributed by atoms with Crippen molar-refractivity contribution in [1.82, 2.24) is 0 Å². The minimum absolute atomic E-state index is 0.111. The first-order valence-electron chi connectivity index (χ1n) is 5.34. The second kappa shape index (κ2) is 4.83. The highest BCUT2D eigenvalue weighted by molar-refractivity contribution is 4.54. The Hall–Kier alpha value is -0.0800. The van der Waals surface area contributed by atoms with Gasteiger partial charge in [-0.3, -0.25) is 0 Å². The van der Waals surface area contributed by atoms with Gasteiger partial charge in [-0.25, -0.2) is 0 Å². The van der Waals surface area contributed by atoms with Gasteiger partial charge in [0.15, 0.2) is 0 Å². The van der Waals surface area contributed by atoms with Gasteiger partial charge in [0.05, 0.1) is 19.6 Å². The summed E-state index contributed by atoms with van der Waals surface area (Å²) in [6.07, 6.45) is 7.14. The second-order valence-corrected chi connectivity index (χ2v) is 4.00. The summed E-state index contributed by atoms with van der Waals surface area (Å²) in [6, 6.07) is 0. The fraction of sp³-hybridized carbons (Fsp3) is 1.00. The second-order valence-electron chi connectivity index (χ2n) is 4.00. The Kier molecular flexibility index (Phi) is 4.02. The molecule has 0 saturated carbocycles. The number of hydrogen-bond donors (Lipinski definition) is 0. The Balaban J connectivity index is 2.17. The summed E-state index contributed by atoms with van der Waals surface area (Å²) < 4.78 is 0.111. The van der Waals surface area contributed by atoms with Crippen molar-refractivity contribution in [2.75, 3.05) is 19.6 Å². The number of hydrogen-bond acceptors (Lipinski definition) is 1. The summed E-state index contributed by atoms with van der Waals surface area (Å²) in [6.45, 7) is 4.81. The zero-order chi connectivity index (χ0) is 8.86. The van der Waals surface area contributed by atoms with Gasteiger partial charge >= 0.3 is 0 Å². The lowest BCUT2D eigenvalue weighted by molar-refractivity contribution is -0.885. The van der Waals surface area contributed by atoms with Crippen LogP contribution in [0.1, 0.15) is 45.4 Å². The third-order valence-electron chi connectivity index (χ3n) is 2.80. The Morgan fingerprint density at radius 3 is 2.33 bits per heavy atom. The maximum atomic E-state index is 11.9. The van der Waals surface area contributed by atoms with Gasteiger partial charge in [-0.05, 0) is 32.1 Å². The molecule has 0 aliphatic carbocycles. The number of quaternary nitrogens is 1. The van der Waals surface area contributed by atoms with Crippen molar-refractivity contribution in [3.8, 4) is 0 Å². The van der Waals surface area contributed by atoms with Crippen LogP contribution in [0.4, 0.5) is 0 Å². The predicted molar refractivity (Wildman–Crippen MR) is 51.6 cm³/mol. The van der Waals surface area contributed by atoms with Crippen LogP contribution in [0.2, 0.25) is 0 Å². The minimum Gasteiger partial charge on any atom is -0.633 e. The molecule has 12 heavy (non-hydrogen) atoms. The topological polar surface area (TPSA) is 23.1 Å². The molecule has 1 heterocycles. The van der Waals surface area contributed by atoms with E-state index in [1.165, 1.54) is 19.3 Å². The van der Waals surface area contributed by atoms with Gasteiger partial charge < -0.3 is 9.85 Å². The smallest absolute Gasteiger partial charge is 0.0783 e. The Morgan fingerprint density at radius 1 is 1.08 bits per heavy atom. The van der Waals surface area contributed by atoms with E-state index in [1.54, 1.807) is 0 Å². The third-order valence-corrected chi connectivity index (χ3v) is 2.80. The van der Waals surface area contributed by atoms with Crippen molar-refractivity contribution in [2.45, 2.75) is 45.4 Å². The van der Waals surface area contributed by atoms with Crippen LogP contribution in [0.3, 0.4) is 0 Å². The number of hydroxylamine groups is 3. The molecule has 1 fully saturated rings. The standard InChI is InChI=1S/C10H21NO/c1-2-3-5-8-11(12)9-6-4-7-10-11/h2-10H2,1H3. The molecule has 1 rings (SSSR count). The quantitative estimate of drug-likeness (QED) is 0.362. The van der Waals surface area contributed by atoms with Crippen molar-refractivity contribution in [3.63, 3.8) is 0 Å². The van der Waals surface area contributed by atoms with Crippen LogP contribution in [-0.2, 0) is 0 Å². The third kappa shape index (κ3) is 3.11. The Bertz CT molecular complexity index is 119. The Morgan fingerprint density at radius 2 is 1.75 bits per heavy atom. The monoisotopic (exact) mass is 171 g/mol. The van der Waals surface area contributed by atoms with Crippen LogP contribution in [-0.4, -0.2) is 24.3 Å². The minimum atomic E-state index is 0.111. The number of nitrogens with zero attached hydrogens (tertiary/aromatic N) is 1. The average molecular weight is 171 g/mol. The molecular weight excluding hydrogens is 150 g/mol. The molecule has 1 aliphatic heterocycles. The van der Waals surface area contributed by atoms with E-state index in [9.17, 15) is 5.21 Å². The Labute approximate surface area is 75.7 Å². The largest absolute Gasteiger partial charge is 0.633 e. The SMILES string of the molecule is CCCCC[N+]1([O-])CCCCC1. The normalized spacial score (nSPS) is 22.5. The molecule has 0 amide bonds. The van der Waals surface area contributed by atoms with E-state index in [1.807, 2.05) is 0 Å². The lowest BCUT2D eigenvalue weighted by Crippen LogP contribution is -2.46. The molecule has 0 N–H and O–H groups in total. The summed E-state index contributed by atoms with van der Waals surface area (Å²) in [5.74, 6) is 0. The lowest BCUT2D eigenvalue weighted by atomic mass is 10.1. The molecule has 2 nitrogen and oxygen atoms in total. The van der Waals surface area contributed by atoms with Crippen LogP contribution in [0.15, 0.2) is 0 Å². The molecule has 0 aromatic heterocycles. The average Bonchev–Trinajstić information content (AvgIpc) is 2.06. The summed E-state index contributed by atoms with van der Waals surface area (Å²) in [5, 5.41) is 11.9. The first kappa shape index (κ1) is 10.0. The van der Waals surface area contributed by atoms with Crippen LogP contribution < -0.4 is 0 Å². The van der Waals surface area contributed by atoms with Crippen molar-refractivity contribution in [3.05, 3.63) is 5.21 Å². The van der Waals surface area contributed by atoms with Crippen LogP contribution in [0.5, 0.6) is 0 Å². The molecule has 0 spiro atoms. The molecule has 0 aromatic carbocycles. The van der Waals surface area contributed by atoms with Gasteiger partial charge in [-0.1, -0.05) is 13.3 Å². The van der Waals surface area contributed by atoms with E-state index < -0.39 is 0 Å². The fourth-order valence-corrected chi connectivity index (χ4v) is 1.96. The van der Waals surface area contributed by atoms with E-state index in [4.69, 9.17) is 0 Å². The molecule has 0 unspecified atom stereocenters. The first-order valence-corrected chi connectivity index (χ1v) is 5.34. The fourth-order valence-electron chi connectivity index (χ4n) is 1.96. The summed E-state index contributed by atoms with van der Waals surface area (Å²) in [5.41, 5.74) is 0. The van der Waals surface area contributed by atoms with Crippen LogP contribution in [0.25, 0.3) is 0 Å². The summed E-state index contributed by atoms with van der Waals surface area (Å²) >= 11 is 0. The van der Waals surface area contributed by atoms with Crippen molar-refractivity contribution < 1.29 is 4.65 Å². The molecule has 0 atom stereocenters. The number of piperidine rings is 1. The highest BCUT2D eigenvalue weighted by Gasteiger charge is 2.19. The number of unbranched alkanes of at least 4 members (excludes halogenated alkanes) is 2. The molecule has 72 valence electrons. The van der Waals surface area contributed by atoms with Crippen molar-refractivity contribution in [1.29, 1.82) is 0 Å². The molecule has 1 saturated heterocycles. The first-order chi connectivity index (χ1) is 5.77. The van der Waals surface area contributed by atoms with Gasteiger partial charge in [-0.2, -0.15) is 0 Å². The molecule has 1 aliphatic rings. The maximum absolute atomic E-state index is 11.9. The van der Waals surface area contributed by atoms with E-state index in [0.29, 0.717) is 0 Å². The highest BCUT2D eigenvalue weighted by Crippen LogP contribution is 2.18. The van der Waals surface area contributed by atoms with E-state index >= 15 is 0 Å². The number of likely N-dealkylation sites (tertiary alicyclic amines) is 1. The summed E-state index contributed by atoms with van der Waals surface area (Å²) in [7, 11) is 0. The van der Waals surface area contributed by atoms with E-state index in [2.05, 4.69) is 6.92 Å². The highest BCUT2D eigenvalue weighted by atomic mass is 16.5. The number of rotatable bonds is 4. The lowest BCUT2D eigenvalue weighted by Gasteiger charge is -2.45. The van der Waals surface area contributed by atoms with Gasteiger partial charge in [0, 0.05) is 0 Å². The molecular formula is C10H21NO. The van der Waals surface area contributed by atoms with Gasteiger partial charge in [0.2, 0.25) is 0 Å². The van der Waals surface area contributed by atoms with Crippen molar-refractivity contribution >= 4 is 0 Å². The molecule has 0 aromatic rings. The van der Waals surface area contributed by atoms with Gasteiger partial charge in [0.1, 0.15) is 0 Å². The van der Waals surface area contributed by atoms with E-state index in [0.717, 1.165) is 38.9 Å². The van der Waals surface area contributed by atoms with Crippen LogP contribution >= 0.6 is 0 Å². The van der Waals surface area contributed by atoms with E-state index in [-0.39, 0.29) is 4.65 Å². The summed E-state index contributed by atoms with van der Waals surface area (Å²) in [4.78, 5) is 0. The molecule has 2 heteroatoms. The maximum Gasteiger partial charge on any atom is 0.0783 e. The molecule has 0 radical (unpaired) electrons. The van der Waals surface area contributed by atoms with Gasteiger partial charge in [0.25, 0.3) is 0 Å². The zero-order valence-corrected chi connectivity index (χ0v) is 8.22. The van der Waals surface area contributed by atoms with Crippen molar-refractivity contribution in [2.24, 2.45) is 0 Å². The van der Waals surface area contributed by atoms with Gasteiger partial charge in [-0.15, -0.1) is 0 Å².